The van der Waals surface area contributed by atoms with Gasteiger partial charge in [-0.05, 0) is 18.8 Å². The van der Waals surface area contributed by atoms with E-state index in [-0.39, 0.29) is 17.9 Å². The molecule has 3 heteroatoms. The van der Waals surface area contributed by atoms with Crippen LogP contribution in [0.15, 0.2) is 0 Å². The van der Waals surface area contributed by atoms with Gasteiger partial charge in [-0.1, -0.05) is 34.1 Å². The van der Waals surface area contributed by atoms with E-state index in [4.69, 9.17) is 5.26 Å². The second-order valence-electron chi connectivity index (χ2n) is 4.53. The molecule has 0 aromatic carbocycles. The van der Waals surface area contributed by atoms with Crippen LogP contribution < -0.4 is 5.32 Å². The first-order valence-corrected chi connectivity index (χ1v) is 5.64. The van der Waals surface area contributed by atoms with E-state index in [2.05, 4.69) is 25.2 Å². The molecular weight excluding hydrogens is 188 g/mol. The second kappa shape index (κ2) is 6.44. The lowest BCUT2D eigenvalue weighted by molar-refractivity contribution is -0.125. The van der Waals surface area contributed by atoms with Crippen LogP contribution >= 0.6 is 0 Å². The van der Waals surface area contributed by atoms with Crippen LogP contribution in [-0.4, -0.2) is 11.9 Å². The van der Waals surface area contributed by atoms with E-state index >= 15 is 0 Å². The van der Waals surface area contributed by atoms with Crippen molar-refractivity contribution in [2.75, 3.05) is 0 Å². The number of nitrogens with zero attached hydrogens (tertiary/aromatic N) is 1. The topological polar surface area (TPSA) is 52.9 Å². The summed E-state index contributed by atoms with van der Waals surface area (Å²) >= 11 is 0. The van der Waals surface area contributed by atoms with Gasteiger partial charge in [-0.2, -0.15) is 5.26 Å². The predicted octanol–water partition coefficient (Wildman–Crippen LogP) is 2.33. The third-order valence-electron chi connectivity index (χ3n) is 2.96. The maximum Gasteiger partial charge on any atom is 0.237 e. The Kier molecular flexibility index (Phi) is 6.00. The second-order valence-corrected chi connectivity index (χ2v) is 4.53. The van der Waals surface area contributed by atoms with Crippen LogP contribution in [-0.2, 0) is 4.79 Å². The molecule has 3 unspecified atom stereocenters. The molecule has 1 N–H and O–H groups in total. The van der Waals surface area contributed by atoms with Gasteiger partial charge in [-0.25, -0.2) is 0 Å². The van der Waals surface area contributed by atoms with Crippen LogP contribution in [0.2, 0.25) is 0 Å². The maximum absolute atomic E-state index is 11.7. The van der Waals surface area contributed by atoms with Gasteiger partial charge >= 0.3 is 0 Å². The zero-order valence-electron chi connectivity index (χ0n) is 10.4. The fourth-order valence-corrected chi connectivity index (χ4v) is 1.32. The van der Waals surface area contributed by atoms with Gasteiger partial charge < -0.3 is 5.32 Å². The van der Waals surface area contributed by atoms with E-state index in [9.17, 15) is 4.79 Å². The first kappa shape index (κ1) is 14.0. The predicted molar refractivity (Wildman–Crippen MR) is 61.0 cm³/mol. The van der Waals surface area contributed by atoms with E-state index in [1.807, 2.05) is 20.8 Å². The van der Waals surface area contributed by atoms with E-state index < -0.39 is 5.92 Å². The molecule has 0 aliphatic rings. The van der Waals surface area contributed by atoms with Crippen molar-refractivity contribution >= 4 is 5.91 Å². The van der Waals surface area contributed by atoms with Crippen molar-refractivity contribution in [1.29, 1.82) is 5.26 Å². The Hall–Kier alpha value is -1.04. The summed E-state index contributed by atoms with van der Waals surface area (Å²) in [7, 11) is 0. The van der Waals surface area contributed by atoms with Gasteiger partial charge in [-0.3, -0.25) is 4.79 Å². The van der Waals surface area contributed by atoms with E-state index in [1.54, 1.807) is 0 Å². The number of carbonyl (C=O) groups is 1. The zero-order valence-corrected chi connectivity index (χ0v) is 10.4. The molecule has 0 fully saturated rings. The van der Waals surface area contributed by atoms with Crippen molar-refractivity contribution in [3.05, 3.63) is 0 Å². The number of carbonyl (C=O) groups excluding carboxylic acids is 1. The van der Waals surface area contributed by atoms with Gasteiger partial charge in [-0.15, -0.1) is 0 Å². The van der Waals surface area contributed by atoms with Crippen molar-refractivity contribution in [1.82, 2.24) is 5.32 Å². The molecule has 1 amide bonds. The molecule has 0 radical (unpaired) electrons. The first-order valence-electron chi connectivity index (χ1n) is 5.64. The van der Waals surface area contributed by atoms with Gasteiger partial charge in [0, 0.05) is 6.04 Å². The lowest BCUT2D eigenvalue weighted by Gasteiger charge is -2.22. The maximum atomic E-state index is 11.7. The Bertz CT molecular complexity index is 242. The highest BCUT2D eigenvalue weighted by atomic mass is 16.1. The Morgan fingerprint density at radius 1 is 1.33 bits per heavy atom. The smallest absolute Gasteiger partial charge is 0.237 e. The standard InChI is InChI=1S/C12H22N2O/c1-6-9(4)10(5)14-12(15)11(7-13)8(2)3/h8-11H,6H2,1-5H3,(H,14,15). The molecular formula is C12H22N2O. The summed E-state index contributed by atoms with van der Waals surface area (Å²) in [4.78, 5) is 11.7. The summed E-state index contributed by atoms with van der Waals surface area (Å²) in [5.41, 5.74) is 0. The monoisotopic (exact) mass is 210 g/mol. The highest BCUT2D eigenvalue weighted by molar-refractivity contribution is 5.81. The summed E-state index contributed by atoms with van der Waals surface area (Å²) in [6, 6.07) is 2.19. The minimum absolute atomic E-state index is 0.0686. The van der Waals surface area contributed by atoms with Gasteiger partial charge in [0.2, 0.25) is 5.91 Å². The van der Waals surface area contributed by atoms with Crippen LogP contribution in [0.25, 0.3) is 0 Å². The number of amides is 1. The lowest BCUT2D eigenvalue weighted by atomic mass is 9.94. The first-order chi connectivity index (χ1) is 6.93. The highest BCUT2D eigenvalue weighted by Gasteiger charge is 2.23. The third kappa shape index (κ3) is 4.33. The van der Waals surface area contributed by atoms with E-state index in [0.29, 0.717) is 5.92 Å². The fraction of sp³-hybridized carbons (Fsp3) is 0.833. The number of rotatable bonds is 5. The minimum atomic E-state index is -0.531. The number of nitrogens with one attached hydrogen (secondary N) is 1. The van der Waals surface area contributed by atoms with Crippen LogP contribution in [0.1, 0.15) is 41.0 Å². The average molecular weight is 210 g/mol. The molecule has 0 aromatic rings. The van der Waals surface area contributed by atoms with Crippen molar-refractivity contribution < 1.29 is 4.79 Å². The van der Waals surface area contributed by atoms with Crippen LogP contribution in [0.3, 0.4) is 0 Å². The molecule has 15 heavy (non-hydrogen) atoms. The summed E-state index contributed by atoms with van der Waals surface area (Å²) in [6.45, 7) is 9.96. The Morgan fingerprint density at radius 3 is 2.20 bits per heavy atom. The Labute approximate surface area is 92.9 Å². The third-order valence-corrected chi connectivity index (χ3v) is 2.96. The SMILES string of the molecule is CCC(C)C(C)NC(=O)C(C#N)C(C)C. The van der Waals surface area contributed by atoms with E-state index in [1.165, 1.54) is 0 Å². The summed E-state index contributed by atoms with van der Waals surface area (Å²) in [5, 5.41) is 11.8. The molecule has 0 rings (SSSR count). The molecule has 0 aromatic heterocycles. The molecule has 0 aliphatic carbocycles. The highest BCUT2D eigenvalue weighted by Crippen LogP contribution is 2.12. The van der Waals surface area contributed by atoms with Gasteiger partial charge in [0.1, 0.15) is 5.92 Å². The van der Waals surface area contributed by atoms with Crippen LogP contribution in [0.5, 0.6) is 0 Å². The van der Waals surface area contributed by atoms with Crippen molar-refractivity contribution in [2.24, 2.45) is 17.8 Å². The average Bonchev–Trinajstić information content (AvgIpc) is 2.16. The quantitative estimate of drug-likeness (QED) is 0.757. The summed E-state index contributed by atoms with van der Waals surface area (Å²) in [6.07, 6.45) is 1.03. The normalized spacial score (nSPS) is 16.6. The largest absolute Gasteiger partial charge is 0.352 e. The Morgan fingerprint density at radius 2 is 1.87 bits per heavy atom. The van der Waals surface area contributed by atoms with Gasteiger partial charge in [0.05, 0.1) is 6.07 Å². The van der Waals surface area contributed by atoms with Crippen LogP contribution in [0.4, 0.5) is 0 Å². The molecule has 3 nitrogen and oxygen atoms in total. The van der Waals surface area contributed by atoms with Crippen molar-refractivity contribution in [2.45, 2.75) is 47.1 Å². The molecule has 3 atom stereocenters. The lowest BCUT2D eigenvalue weighted by Crippen LogP contribution is -2.41. The minimum Gasteiger partial charge on any atom is -0.352 e. The Balaban J connectivity index is 4.30. The van der Waals surface area contributed by atoms with Crippen molar-refractivity contribution in [3.63, 3.8) is 0 Å². The molecule has 0 saturated carbocycles. The van der Waals surface area contributed by atoms with Crippen molar-refractivity contribution in [3.8, 4) is 6.07 Å². The summed E-state index contributed by atoms with van der Waals surface area (Å²) < 4.78 is 0. The summed E-state index contributed by atoms with van der Waals surface area (Å²) in [5.74, 6) is -0.156. The molecule has 0 spiro atoms. The number of hydrogen-bond donors (Lipinski definition) is 1. The molecule has 0 heterocycles. The molecule has 0 bridgehead atoms. The van der Waals surface area contributed by atoms with Gasteiger partial charge in [0.15, 0.2) is 0 Å². The number of nitriles is 1. The zero-order chi connectivity index (χ0) is 12.0. The fourth-order valence-electron chi connectivity index (χ4n) is 1.32. The van der Waals surface area contributed by atoms with Crippen LogP contribution in [0, 0.1) is 29.1 Å². The molecule has 86 valence electrons. The number of hydrogen-bond acceptors (Lipinski definition) is 2. The van der Waals surface area contributed by atoms with Gasteiger partial charge in [0.25, 0.3) is 0 Å². The molecule has 0 aliphatic heterocycles. The molecule has 0 saturated heterocycles. The van der Waals surface area contributed by atoms with E-state index in [0.717, 1.165) is 6.42 Å².